The first-order valence-electron chi connectivity index (χ1n) is 10.2. The van der Waals surface area contributed by atoms with Crippen LogP contribution >= 0.6 is 0 Å². The normalized spacial score (nSPS) is 16.0. The number of nitrogens with zero attached hydrogens (tertiary/aromatic N) is 4. The van der Waals surface area contributed by atoms with Crippen molar-refractivity contribution < 1.29 is 14.3 Å². The van der Waals surface area contributed by atoms with Crippen LogP contribution in [0, 0.1) is 6.92 Å². The van der Waals surface area contributed by atoms with Gasteiger partial charge in [-0.05, 0) is 52.7 Å². The van der Waals surface area contributed by atoms with Crippen LogP contribution in [0.4, 0.5) is 10.6 Å². The first-order chi connectivity index (χ1) is 13.9. The van der Waals surface area contributed by atoms with Gasteiger partial charge in [-0.1, -0.05) is 0 Å². The first-order valence-corrected chi connectivity index (χ1v) is 10.2. The monoisotopic (exact) mass is 401 g/mol. The molecule has 3 rings (SSSR count). The summed E-state index contributed by atoms with van der Waals surface area (Å²) < 4.78 is 13.5. The molecule has 2 aromatic heterocycles. The number of anilines is 1. The van der Waals surface area contributed by atoms with Gasteiger partial charge in [0.05, 0.1) is 29.6 Å². The van der Waals surface area contributed by atoms with Crippen molar-refractivity contribution >= 4 is 11.9 Å². The Morgan fingerprint density at radius 2 is 2.00 bits per heavy atom. The highest BCUT2D eigenvalue weighted by Crippen LogP contribution is 2.32. The van der Waals surface area contributed by atoms with Gasteiger partial charge >= 0.3 is 6.09 Å². The van der Waals surface area contributed by atoms with Crippen molar-refractivity contribution in [3.05, 3.63) is 35.8 Å². The number of carbonyl (C=O) groups excluding carboxylic acids is 1. The summed E-state index contributed by atoms with van der Waals surface area (Å²) in [6.45, 7) is 9.00. The quantitative estimate of drug-likeness (QED) is 0.789. The smallest absolute Gasteiger partial charge is 0.410 e. The van der Waals surface area contributed by atoms with Gasteiger partial charge in [0.2, 0.25) is 0 Å². The average molecular weight is 402 g/mol. The molecule has 0 bridgehead atoms. The number of nitrogens with one attached hydrogen (secondary N) is 1. The number of pyridine rings is 1. The third-order valence-electron chi connectivity index (χ3n) is 5.17. The highest BCUT2D eigenvalue weighted by Gasteiger charge is 2.28. The maximum absolute atomic E-state index is 12.1. The molecule has 2 aromatic rings. The van der Waals surface area contributed by atoms with Crippen LogP contribution in [0.1, 0.15) is 57.0 Å². The standard InChI is InChI=1S/C21H31N5O3/c1-14(2)28-21(27)25-11-8-17(9-12-25)26-20(22-5)18(13-24-26)16(4)29-19-7-6-10-23-15(19)3/h6-7,10,13-14,16-17,22H,8-9,11-12H2,1-5H3. The molecule has 8 nitrogen and oxygen atoms in total. The maximum atomic E-state index is 12.1. The van der Waals surface area contributed by atoms with Crippen molar-refractivity contribution in [3.8, 4) is 5.75 Å². The Morgan fingerprint density at radius 3 is 2.62 bits per heavy atom. The Hall–Kier alpha value is -2.77. The number of likely N-dealkylation sites (tertiary alicyclic amines) is 1. The van der Waals surface area contributed by atoms with E-state index in [1.54, 1.807) is 11.1 Å². The molecule has 3 heterocycles. The maximum Gasteiger partial charge on any atom is 0.410 e. The van der Waals surface area contributed by atoms with Crippen LogP contribution in [0.15, 0.2) is 24.5 Å². The molecule has 1 amide bonds. The van der Waals surface area contributed by atoms with Crippen molar-refractivity contribution in [1.29, 1.82) is 0 Å². The zero-order valence-corrected chi connectivity index (χ0v) is 17.9. The summed E-state index contributed by atoms with van der Waals surface area (Å²) in [5.41, 5.74) is 1.86. The van der Waals surface area contributed by atoms with Crippen molar-refractivity contribution in [1.82, 2.24) is 19.7 Å². The summed E-state index contributed by atoms with van der Waals surface area (Å²) in [6.07, 6.45) is 4.78. The van der Waals surface area contributed by atoms with Gasteiger partial charge < -0.3 is 19.7 Å². The minimum atomic E-state index is -0.234. The lowest BCUT2D eigenvalue weighted by atomic mass is 10.1. The molecule has 1 aliphatic heterocycles. The molecular weight excluding hydrogens is 370 g/mol. The van der Waals surface area contributed by atoms with Gasteiger partial charge in [-0.2, -0.15) is 5.10 Å². The molecule has 1 unspecified atom stereocenters. The van der Waals surface area contributed by atoms with E-state index in [1.165, 1.54) is 0 Å². The van der Waals surface area contributed by atoms with E-state index >= 15 is 0 Å². The number of aryl methyl sites for hydroxylation is 1. The molecule has 29 heavy (non-hydrogen) atoms. The highest BCUT2D eigenvalue weighted by molar-refractivity contribution is 5.67. The van der Waals surface area contributed by atoms with Crippen LogP contribution in [0.3, 0.4) is 0 Å². The van der Waals surface area contributed by atoms with Gasteiger partial charge in [-0.25, -0.2) is 9.48 Å². The lowest BCUT2D eigenvalue weighted by molar-refractivity contribution is 0.0654. The van der Waals surface area contributed by atoms with E-state index < -0.39 is 0 Å². The Kier molecular flexibility index (Phi) is 6.61. The second-order valence-electron chi connectivity index (χ2n) is 7.64. The molecule has 0 aromatic carbocycles. The topological polar surface area (TPSA) is 81.5 Å². The van der Waals surface area contributed by atoms with Gasteiger partial charge in [0.1, 0.15) is 17.7 Å². The molecule has 1 saturated heterocycles. The average Bonchev–Trinajstić information content (AvgIpc) is 3.13. The zero-order chi connectivity index (χ0) is 21.0. The number of hydrogen-bond acceptors (Lipinski definition) is 6. The van der Waals surface area contributed by atoms with E-state index in [1.807, 2.05) is 57.8 Å². The number of piperidine rings is 1. The van der Waals surface area contributed by atoms with Crippen molar-refractivity contribution in [2.24, 2.45) is 0 Å². The van der Waals surface area contributed by atoms with Gasteiger partial charge in [0.15, 0.2) is 0 Å². The van der Waals surface area contributed by atoms with E-state index in [0.29, 0.717) is 13.1 Å². The van der Waals surface area contributed by atoms with Crippen LogP contribution in [0.25, 0.3) is 0 Å². The summed E-state index contributed by atoms with van der Waals surface area (Å²) in [7, 11) is 1.90. The van der Waals surface area contributed by atoms with Gasteiger partial charge in [0, 0.05) is 26.3 Å². The number of hydrogen-bond donors (Lipinski definition) is 1. The minimum absolute atomic E-state index is 0.102. The molecule has 0 aliphatic carbocycles. The predicted molar refractivity (Wildman–Crippen MR) is 111 cm³/mol. The lowest BCUT2D eigenvalue weighted by Crippen LogP contribution is -2.40. The molecule has 0 radical (unpaired) electrons. The molecular formula is C21H31N5O3. The second kappa shape index (κ2) is 9.15. The molecule has 1 fully saturated rings. The van der Waals surface area contributed by atoms with Crippen LogP contribution in [-0.4, -0.2) is 52.0 Å². The van der Waals surface area contributed by atoms with Crippen molar-refractivity contribution in [3.63, 3.8) is 0 Å². The van der Waals surface area contributed by atoms with E-state index in [-0.39, 0.29) is 24.3 Å². The Bertz CT molecular complexity index is 827. The van der Waals surface area contributed by atoms with Gasteiger partial charge in [-0.3, -0.25) is 4.98 Å². The van der Waals surface area contributed by atoms with E-state index in [9.17, 15) is 4.79 Å². The molecule has 1 atom stereocenters. The zero-order valence-electron chi connectivity index (χ0n) is 17.9. The van der Waals surface area contributed by atoms with Crippen LogP contribution < -0.4 is 10.1 Å². The van der Waals surface area contributed by atoms with E-state index in [0.717, 1.165) is 35.7 Å². The Balaban J connectivity index is 1.68. The summed E-state index contributed by atoms with van der Waals surface area (Å²) in [4.78, 5) is 18.2. The minimum Gasteiger partial charge on any atom is -0.484 e. The molecule has 0 saturated carbocycles. The third-order valence-corrected chi connectivity index (χ3v) is 5.17. The van der Waals surface area contributed by atoms with Gasteiger partial charge in [-0.15, -0.1) is 0 Å². The SMILES string of the molecule is CNc1c(C(C)Oc2cccnc2C)cnn1C1CCN(C(=O)OC(C)C)CC1. The lowest BCUT2D eigenvalue weighted by Gasteiger charge is -2.32. The van der Waals surface area contributed by atoms with Gasteiger partial charge in [0.25, 0.3) is 0 Å². The fraction of sp³-hybridized carbons (Fsp3) is 0.571. The summed E-state index contributed by atoms with van der Waals surface area (Å²) >= 11 is 0. The number of ether oxygens (including phenoxy) is 2. The highest BCUT2D eigenvalue weighted by atomic mass is 16.6. The molecule has 0 spiro atoms. The third kappa shape index (κ3) is 4.81. The second-order valence-corrected chi connectivity index (χ2v) is 7.64. The largest absolute Gasteiger partial charge is 0.484 e. The fourth-order valence-electron chi connectivity index (χ4n) is 3.63. The van der Waals surface area contributed by atoms with E-state index in [2.05, 4.69) is 15.4 Å². The van der Waals surface area contributed by atoms with Crippen molar-refractivity contribution in [2.75, 3.05) is 25.5 Å². The van der Waals surface area contributed by atoms with E-state index in [4.69, 9.17) is 9.47 Å². The molecule has 1 N–H and O–H groups in total. The Morgan fingerprint density at radius 1 is 1.28 bits per heavy atom. The molecule has 158 valence electrons. The predicted octanol–water partition coefficient (Wildman–Crippen LogP) is 3.95. The molecule has 1 aliphatic rings. The Labute approximate surface area is 172 Å². The summed E-state index contributed by atoms with van der Waals surface area (Å²) in [5, 5.41) is 7.92. The summed E-state index contributed by atoms with van der Waals surface area (Å²) in [5.74, 6) is 1.72. The number of aromatic nitrogens is 3. The number of carbonyl (C=O) groups is 1. The summed E-state index contributed by atoms with van der Waals surface area (Å²) in [6, 6.07) is 4.02. The van der Waals surface area contributed by atoms with Crippen LogP contribution in [-0.2, 0) is 4.74 Å². The van der Waals surface area contributed by atoms with Crippen LogP contribution in [0.2, 0.25) is 0 Å². The number of rotatable bonds is 6. The molecule has 8 heteroatoms. The number of amides is 1. The first kappa shape index (κ1) is 21.0. The fourth-order valence-corrected chi connectivity index (χ4v) is 3.63. The van der Waals surface area contributed by atoms with Crippen molar-refractivity contribution in [2.45, 2.75) is 58.8 Å². The van der Waals surface area contributed by atoms with Crippen LogP contribution in [0.5, 0.6) is 5.75 Å².